The summed E-state index contributed by atoms with van der Waals surface area (Å²) >= 11 is 1.78. The molecule has 3 nitrogen and oxygen atoms in total. The van der Waals surface area contributed by atoms with E-state index in [1.807, 2.05) is 19.4 Å². The molecule has 1 atom stereocenters. The molecule has 15 heavy (non-hydrogen) atoms. The highest BCUT2D eigenvalue weighted by Crippen LogP contribution is 2.40. The zero-order chi connectivity index (χ0) is 10.4. The van der Waals surface area contributed by atoms with E-state index in [1.54, 1.807) is 16.0 Å². The Morgan fingerprint density at radius 2 is 2.47 bits per heavy atom. The summed E-state index contributed by atoms with van der Waals surface area (Å²) in [6, 6.07) is 2.11. The standard InChI is InChI=1S/C11H12N2OS/c1-13-6-7(5-12-13)11-4-8-9(14)2-3-10(8)15-11/h4-6,9,14H,2-3H2,1H3. The van der Waals surface area contributed by atoms with E-state index in [0.29, 0.717) is 0 Å². The Hall–Kier alpha value is -1.13. The third kappa shape index (κ3) is 1.41. The summed E-state index contributed by atoms with van der Waals surface area (Å²) < 4.78 is 1.80. The van der Waals surface area contributed by atoms with Crippen LogP contribution in [0.15, 0.2) is 18.5 Å². The lowest BCUT2D eigenvalue weighted by Crippen LogP contribution is -1.87. The quantitative estimate of drug-likeness (QED) is 0.799. The fourth-order valence-electron chi connectivity index (χ4n) is 2.03. The molecule has 2 aromatic heterocycles. The third-order valence-corrected chi connectivity index (χ3v) is 4.09. The summed E-state index contributed by atoms with van der Waals surface area (Å²) in [5.41, 5.74) is 2.27. The number of hydrogen-bond donors (Lipinski definition) is 1. The fraction of sp³-hybridized carbons (Fsp3) is 0.364. The minimum atomic E-state index is -0.248. The molecule has 0 aromatic carbocycles. The van der Waals surface area contributed by atoms with Gasteiger partial charge in [0.1, 0.15) is 0 Å². The van der Waals surface area contributed by atoms with E-state index >= 15 is 0 Å². The summed E-state index contributed by atoms with van der Waals surface area (Å²) in [6.07, 6.45) is 5.53. The van der Waals surface area contributed by atoms with Gasteiger partial charge in [-0.25, -0.2) is 0 Å². The molecule has 1 aliphatic carbocycles. The fourth-order valence-corrected chi connectivity index (χ4v) is 3.24. The van der Waals surface area contributed by atoms with E-state index in [2.05, 4.69) is 11.2 Å². The molecule has 1 N–H and O–H groups in total. The van der Waals surface area contributed by atoms with Crippen molar-refractivity contribution in [1.82, 2.24) is 9.78 Å². The van der Waals surface area contributed by atoms with Gasteiger partial charge in [-0.15, -0.1) is 11.3 Å². The maximum absolute atomic E-state index is 9.73. The Balaban J connectivity index is 2.04. The Kier molecular flexibility index (Phi) is 1.94. The van der Waals surface area contributed by atoms with Crippen LogP contribution in [0, 0.1) is 0 Å². The van der Waals surface area contributed by atoms with Crippen molar-refractivity contribution in [2.24, 2.45) is 7.05 Å². The van der Waals surface area contributed by atoms with Gasteiger partial charge >= 0.3 is 0 Å². The SMILES string of the molecule is Cn1cc(-c2cc3c(s2)CCC3O)cn1. The summed E-state index contributed by atoms with van der Waals surface area (Å²) in [5.74, 6) is 0. The van der Waals surface area contributed by atoms with Crippen molar-refractivity contribution in [2.75, 3.05) is 0 Å². The van der Waals surface area contributed by atoms with Crippen molar-refractivity contribution in [1.29, 1.82) is 0 Å². The maximum atomic E-state index is 9.73. The molecule has 0 fully saturated rings. The lowest BCUT2D eigenvalue weighted by Gasteiger charge is -1.97. The van der Waals surface area contributed by atoms with Crippen LogP contribution in [0.5, 0.6) is 0 Å². The molecular weight excluding hydrogens is 208 g/mol. The molecule has 0 aliphatic heterocycles. The van der Waals surface area contributed by atoms with Crippen LogP contribution in [0.1, 0.15) is 23.0 Å². The summed E-state index contributed by atoms with van der Waals surface area (Å²) in [4.78, 5) is 2.55. The van der Waals surface area contributed by atoms with Crippen molar-refractivity contribution in [2.45, 2.75) is 18.9 Å². The number of fused-ring (bicyclic) bond motifs is 1. The third-order valence-electron chi connectivity index (χ3n) is 2.83. The second kappa shape index (κ2) is 3.18. The van der Waals surface area contributed by atoms with Crippen molar-refractivity contribution >= 4 is 11.3 Å². The minimum absolute atomic E-state index is 0.248. The van der Waals surface area contributed by atoms with Crippen LogP contribution in [0.25, 0.3) is 10.4 Å². The van der Waals surface area contributed by atoms with Crippen molar-refractivity contribution in [3.8, 4) is 10.4 Å². The number of aliphatic hydroxyl groups excluding tert-OH is 1. The minimum Gasteiger partial charge on any atom is -0.388 e. The molecule has 2 heterocycles. The summed E-state index contributed by atoms with van der Waals surface area (Å²) in [7, 11) is 1.92. The predicted octanol–water partition coefficient (Wildman–Crippen LogP) is 2.13. The van der Waals surface area contributed by atoms with Gasteiger partial charge in [0.2, 0.25) is 0 Å². The number of thiophene rings is 1. The lowest BCUT2D eigenvalue weighted by atomic mass is 10.2. The number of nitrogens with zero attached hydrogens (tertiary/aromatic N) is 2. The number of aromatic nitrogens is 2. The van der Waals surface area contributed by atoms with Gasteiger partial charge in [-0.2, -0.15) is 5.10 Å². The van der Waals surface area contributed by atoms with Crippen molar-refractivity contribution in [3.05, 3.63) is 28.9 Å². The van der Waals surface area contributed by atoms with Gasteiger partial charge in [0.05, 0.1) is 12.3 Å². The second-order valence-corrected chi connectivity index (χ2v) is 5.08. The molecule has 0 saturated carbocycles. The number of hydrogen-bond acceptors (Lipinski definition) is 3. The van der Waals surface area contributed by atoms with Crippen LogP contribution in [-0.2, 0) is 13.5 Å². The van der Waals surface area contributed by atoms with Gasteiger partial charge in [0.15, 0.2) is 0 Å². The summed E-state index contributed by atoms with van der Waals surface area (Å²) in [6.45, 7) is 0. The zero-order valence-electron chi connectivity index (χ0n) is 8.47. The lowest BCUT2D eigenvalue weighted by molar-refractivity contribution is 0.180. The van der Waals surface area contributed by atoms with Gasteiger partial charge in [-0.3, -0.25) is 4.68 Å². The first kappa shape index (κ1) is 9.12. The average Bonchev–Trinajstić information content (AvgIpc) is 2.84. The van der Waals surface area contributed by atoms with Crippen molar-refractivity contribution in [3.63, 3.8) is 0 Å². The first-order chi connectivity index (χ1) is 7.24. The highest BCUT2D eigenvalue weighted by Gasteiger charge is 2.23. The number of aliphatic hydroxyl groups is 1. The first-order valence-corrected chi connectivity index (χ1v) is 5.85. The highest BCUT2D eigenvalue weighted by molar-refractivity contribution is 7.15. The molecule has 0 saturated heterocycles. The van der Waals surface area contributed by atoms with Crippen LogP contribution < -0.4 is 0 Å². The molecule has 0 amide bonds. The van der Waals surface area contributed by atoms with E-state index in [4.69, 9.17) is 0 Å². The van der Waals surface area contributed by atoms with Gasteiger partial charge in [0.25, 0.3) is 0 Å². The van der Waals surface area contributed by atoms with Crippen LogP contribution >= 0.6 is 11.3 Å². The average molecular weight is 220 g/mol. The predicted molar refractivity (Wildman–Crippen MR) is 59.8 cm³/mol. The van der Waals surface area contributed by atoms with Gasteiger partial charge in [-0.1, -0.05) is 0 Å². The van der Waals surface area contributed by atoms with E-state index in [1.165, 1.54) is 9.75 Å². The van der Waals surface area contributed by atoms with Crippen LogP contribution in [-0.4, -0.2) is 14.9 Å². The molecule has 1 aliphatic rings. The molecule has 0 bridgehead atoms. The van der Waals surface area contributed by atoms with Gasteiger partial charge < -0.3 is 5.11 Å². The molecule has 3 rings (SSSR count). The topological polar surface area (TPSA) is 38.0 Å². The van der Waals surface area contributed by atoms with E-state index in [-0.39, 0.29) is 6.10 Å². The van der Waals surface area contributed by atoms with Crippen LogP contribution in [0.4, 0.5) is 0 Å². The number of rotatable bonds is 1. The molecule has 0 spiro atoms. The summed E-state index contributed by atoms with van der Waals surface area (Å²) in [5, 5.41) is 13.9. The van der Waals surface area contributed by atoms with E-state index in [0.717, 1.165) is 24.0 Å². The molecule has 2 aromatic rings. The van der Waals surface area contributed by atoms with Gasteiger partial charge in [-0.05, 0) is 24.5 Å². The monoisotopic (exact) mass is 220 g/mol. The zero-order valence-corrected chi connectivity index (χ0v) is 9.29. The largest absolute Gasteiger partial charge is 0.388 e. The van der Waals surface area contributed by atoms with Crippen LogP contribution in [0.2, 0.25) is 0 Å². The molecule has 4 heteroatoms. The maximum Gasteiger partial charge on any atom is 0.0804 e. The molecule has 78 valence electrons. The van der Waals surface area contributed by atoms with E-state index < -0.39 is 0 Å². The normalized spacial score (nSPS) is 19.5. The van der Waals surface area contributed by atoms with Gasteiger partial charge in [0, 0.05) is 28.6 Å². The molecule has 1 unspecified atom stereocenters. The highest BCUT2D eigenvalue weighted by atomic mass is 32.1. The van der Waals surface area contributed by atoms with Crippen molar-refractivity contribution < 1.29 is 5.11 Å². The van der Waals surface area contributed by atoms with Crippen LogP contribution in [0.3, 0.4) is 0 Å². The van der Waals surface area contributed by atoms with E-state index in [9.17, 15) is 5.11 Å². The Labute approximate surface area is 92.0 Å². The smallest absolute Gasteiger partial charge is 0.0804 e. The molecular formula is C11H12N2OS. The first-order valence-electron chi connectivity index (χ1n) is 5.04. The number of aryl methyl sites for hydroxylation is 2. The Bertz CT molecular complexity index is 500. The Morgan fingerprint density at radius 3 is 3.13 bits per heavy atom. The second-order valence-electron chi connectivity index (χ2n) is 3.95. The Morgan fingerprint density at radius 1 is 1.60 bits per heavy atom. The molecule has 0 radical (unpaired) electrons.